The second kappa shape index (κ2) is 9.42. The summed E-state index contributed by atoms with van der Waals surface area (Å²) in [5, 5.41) is 0. The summed E-state index contributed by atoms with van der Waals surface area (Å²) >= 11 is 0. The quantitative estimate of drug-likeness (QED) is 0.160. The Labute approximate surface area is 198 Å². The first-order valence-electron chi connectivity index (χ1n) is 9.01. The monoisotopic (exact) mass is 596 g/mol. The Morgan fingerprint density at radius 2 is 0.921 bits per heavy atom. The van der Waals surface area contributed by atoms with Crippen molar-refractivity contribution in [3.8, 4) is 5.75 Å². The van der Waals surface area contributed by atoms with Crippen LogP contribution in [0.1, 0.15) is 16.8 Å². The van der Waals surface area contributed by atoms with Gasteiger partial charge in [-0.25, -0.2) is 0 Å². The minimum Gasteiger partial charge on any atom is -0.497 e. The van der Waals surface area contributed by atoms with Crippen molar-refractivity contribution in [2.24, 2.45) is 0 Å². The molecular formula is C18H9F17O3. The number of carbonyl (C=O) groups is 2. The van der Waals surface area contributed by atoms with Crippen LogP contribution in [-0.2, 0) is 4.79 Å². The predicted molar refractivity (Wildman–Crippen MR) is 87.6 cm³/mol. The summed E-state index contributed by atoms with van der Waals surface area (Å²) in [7, 11) is 1.09. The molecule has 0 atom stereocenters. The molecule has 38 heavy (non-hydrogen) atoms. The number of benzene rings is 1. The molecule has 0 aliphatic carbocycles. The van der Waals surface area contributed by atoms with Crippen LogP contribution < -0.4 is 4.74 Å². The van der Waals surface area contributed by atoms with Gasteiger partial charge in [-0.15, -0.1) is 0 Å². The molecule has 0 amide bonds. The van der Waals surface area contributed by atoms with Crippen molar-refractivity contribution < 1.29 is 89.0 Å². The topological polar surface area (TPSA) is 43.4 Å². The molecule has 1 rings (SSSR count). The Kier molecular flexibility index (Phi) is 8.23. The second-order valence-electron chi connectivity index (χ2n) is 7.27. The van der Waals surface area contributed by atoms with Crippen LogP contribution in [0.3, 0.4) is 0 Å². The van der Waals surface area contributed by atoms with Crippen molar-refractivity contribution in [1.29, 1.82) is 0 Å². The van der Waals surface area contributed by atoms with Crippen molar-refractivity contribution in [1.82, 2.24) is 0 Å². The van der Waals surface area contributed by atoms with Crippen molar-refractivity contribution in [2.75, 3.05) is 7.11 Å². The average Bonchev–Trinajstić information content (AvgIpc) is 2.77. The van der Waals surface area contributed by atoms with Gasteiger partial charge in [0.05, 0.1) is 13.5 Å². The van der Waals surface area contributed by atoms with Crippen LogP contribution in [0.5, 0.6) is 5.75 Å². The summed E-state index contributed by atoms with van der Waals surface area (Å²) in [5.74, 6) is -64.2. The maximum atomic E-state index is 13.9. The molecular weight excluding hydrogens is 587 g/mol. The third kappa shape index (κ3) is 4.62. The van der Waals surface area contributed by atoms with E-state index < -0.39 is 71.2 Å². The average molecular weight is 596 g/mol. The van der Waals surface area contributed by atoms with Crippen LogP contribution in [0.2, 0.25) is 0 Å². The fourth-order valence-electron chi connectivity index (χ4n) is 2.47. The molecule has 0 aromatic heterocycles. The number of carbonyl (C=O) groups excluding carboxylic acids is 2. The highest BCUT2D eigenvalue weighted by Gasteiger charge is 2.95. The van der Waals surface area contributed by atoms with E-state index in [9.17, 15) is 84.2 Å². The Morgan fingerprint density at radius 1 is 0.579 bits per heavy atom. The van der Waals surface area contributed by atoms with E-state index in [1.54, 1.807) is 0 Å². The largest absolute Gasteiger partial charge is 0.497 e. The van der Waals surface area contributed by atoms with Crippen molar-refractivity contribution in [2.45, 2.75) is 54.1 Å². The number of hydrogen-bond donors (Lipinski definition) is 0. The number of ketones is 2. The van der Waals surface area contributed by atoms with Crippen LogP contribution in [0.25, 0.3) is 0 Å². The lowest BCUT2D eigenvalue weighted by Crippen LogP contribution is -2.75. The second-order valence-corrected chi connectivity index (χ2v) is 7.27. The molecule has 0 radical (unpaired) electrons. The zero-order chi connectivity index (χ0) is 30.6. The normalized spacial score (nSPS) is 14.9. The number of ether oxygens (including phenoxy) is 1. The molecule has 0 bridgehead atoms. The number of rotatable bonds is 11. The summed E-state index contributed by atoms with van der Waals surface area (Å²) in [5.41, 5.74) is -0.782. The van der Waals surface area contributed by atoms with Gasteiger partial charge in [-0.3, -0.25) is 9.59 Å². The van der Waals surface area contributed by atoms with Crippen LogP contribution >= 0.6 is 0 Å². The van der Waals surface area contributed by atoms with Crippen molar-refractivity contribution in [3.05, 3.63) is 29.8 Å². The molecule has 0 unspecified atom stereocenters. The minimum absolute atomic E-state index is 0.0135. The van der Waals surface area contributed by atoms with Crippen molar-refractivity contribution >= 4 is 11.6 Å². The van der Waals surface area contributed by atoms with E-state index in [4.69, 9.17) is 0 Å². The molecule has 0 aliphatic heterocycles. The number of halogens is 17. The first kappa shape index (κ1) is 33.2. The lowest BCUT2D eigenvalue weighted by atomic mass is 9.87. The smallest absolute Gasteiger partial charge is 0.460 e. The third-order valence-corrected chi connectivity index (χ3v) is 4.81. The Bertz CT molecular complexity index is 1040. The molecule has 1 aromatic carbocycles. The Balaban J connectivity index is 3.50. The van der Waals surface area contributed by atoms with Gasteiger partial charge in [-0.2, -0.15) is 74.6 Å². The van der Waals surface area contributed by atoms with E-state index >= 15 is 0 Å². The standard InChI is InChI=1S/C18H9F17O3/c1-38-8-4-2-7(3-5-8)9(36)6-10(37)11(19,20)12(21,22)13(23,24)14(25,26)15(27,28)16(29,30)17(31,32)18(33,34)35/h2-5H,6H2,1H3. The van der Waals surface area contributed by atoms with Gasteiger partial charge in [0.2, 0.25) is 5.78 Å². The summed E-state index contributed by atoms with van der Waals surface area (Å²) in [6.07, 6.45) is -10.4. The van der Waals surface area contributed by atoms with Crippen LogP contribution in [-0.4, -0.2) is 66.3 Å². The summed E-state index contributed by atoms with van der Waals surface area (Å²) < 4.78 is 229. The van der Waals surface area contributed by atoms with E-state index in [0.29, 0.717) is 12.1 Å². The summed E-state index contributed by atoms with van der Waals surface area (Å²) in [6, 6.07) is 3.21. The fourth-order valence-corrected chi connectivity index (χ4v) is 2.47. The maximum Gasteiger partial charge on any atom is 0.460 e. The third-order valence-electron chi connectivity index (χ3n) is 4.81. The molecule has 20 heteroatoms. The van der Waals surface area contributed by atoms with Gasteiger partial charge in [0.1, 0.15) is 5.75 Å². The van der Waals surface area contributed by atoms with Gasteiger partial charge < -0.3 is 4.74 Å². The van der Waals surface area contributed by atoms with Gasteiger partial charge in [-0.1, -0.05) is 0 Å². The number of methoxy groups -OCH3 is 1. The highest BCUT2D eigenvalue weighted by atomic mass is 19.4. The molecule has 0 aliphatic rings. The summed E-state index contributed by atoms with van der Waals surface area (Å²) in [4.78, 5) is 23.3. The lowest BCUT2D eigenvalue weighted by Gasteiger charge is -2.42. The van der Waals surface area contributed by atoms with Crippen LogP contribution in [0.15, 0.2) is 24.3 Å². The van der Waals surface area contributed by atoms with Crippen LogP contribution in [0, 0.1) is 0 Å². The van der Waals surface area contributed by atoms with E-state index in [-0.39, 0.29) is 5.75 Å². The van der Waals surface area contributed by atoms with Gasteiger partial charge in [0.25, 0.3) is 0 Å². The van der Waals surface area contributed by atoms with Gasteiger partial charge in [0.15, 0.2) is 5.78 Å². The van der Waals surface area contributed by atoms with Crippen LogP contribution in [0.4, 0.5) is 74.6 Å². The predicted octanol–water partition coefficient (Wildman–Crippen LogP) is 6.85. The number of Topliss-reactive ketones (excluding diaryl/α,β-unsaturated/α-hetero) is 2. The molecule has 3 nitrogen and oxygen atoms in total. The number of alkyl halides is 17. The SMILES string of the molecule is COc1ccc(C(=O)CC(=O)C(F)(F)C(F)(F)C(F)(F)C(F)(F)C(F)(F)C(F)(F)C(F)(F)C(F)(F)F)cc1. The van der Waals surface area contributed by atoms with E-state index in [2.05, 4.69) is 4.74 Å². The molecule has 0 heterocycles. The molecule has 0 N–H and O–H groups in total. The highest BCUT2D eigenvalue weighted by Crippen LogP contribution is 2.64. The fraction of sp³-hybridized carbons (Fsp3) is 0.556. The molecule has 0 saturated carbocycles. The van der Waals surface area contributed by atoms with E-state index in [1.165, 1.54) is 0 Å². The van der Waals surface area contributed by atoms with E-state index in [1.807, 2.05) is 0 Å². The van der Waals surface area contributed by atoms with Gasteiger partial charge in [-0.05, 0) is 24.3 Å². The maximum absolute atomic E-state index is 13.9. The highest BCUT2D eigenvalue weighted by molar-refractivity contribution is 6.10. The Hall–Kier alpha value is -2.83. The molecule has 0 fully saturated rings. The molecule has 0 spiro atoms. The molecule has 1 aromatic rings. The lowest BCUT2D eigenvalue weighted by molar-refractivity contribution is -0.459. The summed E-state index contributed by atoms with van der Waals surface area (Å²) in [6.45, 7) is 0. The minimum atomic E-state index is -8.80. The first-order valence-corrected chi connectivity index (χ1v) is 9.01. The molecule has 0 saturated heterocycles. The molecule has 218 valence electrons. The van der Waals surface area contributed by atoms with Crippen molar-refractivity contribution in [3.63, 3.8) is 0 Å². The van der Waals surface area contributed by atoms with Gasteiger partial charge >= 0.3 is 47.6 Å². The van der Waals surface area contributed by atoms with Gasteiger partial charge in [0, 0.05) is 5.56 Å². The Morgan fingerprint density at radius 3 is 1.26 bits per heavy atom. The number of hydrogen-bond acceptors (Lipinski definition) is 3. The van der Waals surface area contributed by atoms with E-state index in [0.717, 1.165) is 19.2 Å². The zero-order valence-corrected chi connectivity index (χ0v) is 17.7. The first-order chi connectivity index (χ1) is 16.6. The zero-order valence-electron chi connectivity index (χ0n) is 17.7.